The summed E-state index contributed by atoms with van der Waals surface area (Å²) in [5.41, 5.74) is 3.60. The summed E-state index contributed by atoms with van der Waals surface area (Å²) in [6.07, 6.45) is 1.46. The van der Waals surface area contributed by atoms with E-state index in [1.165, 1.54) is 0 Å². The van der Waals surface area contributed by atoms with Crippen molar-refractivity contribution in [3.63, 3.8) is 0 Å². The van der Waals surface area contributed by atoms with Gasteiger partial charge in [-0.3, -0.25) is 9.54 Å². The molecule has 1 aliphatic heterocycles. The summed E-state index contributed by atoms with van der Waals surface area (Å²) in [4.78, 5) is 22.9. The van der Waals surface area contributed by atoms with Crippen molar-refractivity contribution in [3.05, 3.63) is 36.3 Å². The predicted octanol–water partition coefficient (Wildman–Crippen LogP) is 2.23. The Morgan fingerprint density at radius 3 is 2.71 bits per heavy atom. The van der Waals surface area contributed by atoms with Gasteiger partial charge in [-0.15, -0.1) is 0 Å². The van der Waals surface area contributed by atoms with Crippen molar-refractivity contribution in [1.82, 2.24) is 30.2 Å². The predicted molar refractivity (Wildman–Crippen MR) is 133 cm³/mol. The molecule has 0 unspecified atom stereocenters. The number of anilines is 3. The van der Waals surface area contributed by atoms with Crippen molar-refractivity contribution >= 4 is 49.5 Å². The fourth-order valence-corrected chi connectivity index (χ4v) is 4.59. The van der Waals surface area contributed by atoms with E-state index in [9.17, 15) is 13.0 Å². The van der Waals surface area contributed by atoms with Crippen LogP contribution < -0.4 is 20.3 Å². The Morgan fingerprint density at radius 2 is 1.97 bits per heavy atom. The van der Waals surface area contributed by atoms with Crippen LogP contribution in [0.3, 0.4) is 0 Å². The lowest BCUT2D eigenvalue weighted by Gasteiger charge is -2.30. The van der Waals surface area contributed by atoms with Crippen molar-refractivity contribution < 1.29 is 17.7 Å². The minimum atomic E-state index is -4.21. The molecule has 184 valence electrons. The SMILES string of the molecule is CC(C)Oc1nc(Nc2ccc3nc(CS(=O)(=O)O)cc(N4CCNCC4)c3c2)nc2[nH]cnc12. The summed E-state index contributed by atoms with van der Waals surface area (Å²) in [5.74, 6) is 0.183. The van der Waals surface area contributed by atoms with E-state index in [4.69, 9.17) is 4.74 Å². The number of H-pyrrole nitrogens is 1. The molecule has 0 atom stereocenters. The highest BCUT2D eigenvalue weighted by Crippen LogP contribution is 2.31. The van der Waals surface area contributed by atoms with Crippen LogP contribution in [0.4, 0.5) is 17.3 Å². The number of imidazole rings is 1. The molecule has 4 heterocycles. The molecular formula is C22H26N8O4S. The smallest absolute Gasteiger partial charge is 0.270 e. The van der Waals surface area contributed by atoms with Crippen molar-refractivity contribution in [2.75, 3.05) is 36.4 Å². The van der Waals surface area contributed by atoms with Gasteiger partial charge in [-0.1, -0.05) is 0 Å². The van der Waals surface area contributed by atoms with Crippen LogP contribution in [0.1, 0.15) is 19.5 Å². The first kappa shape index (κ1) is 23.2. The maximum absolute atomic E-state index is 11.5. The summed E-state index contributed by atoms with van der Waals surface area (Å²) in [5, 5.41) is 7.39. The summed E-state index contributed by atoms with van der Waals surface area (Å²) >= 11 is 0. The van der Waals surface area contributed by atoms with Crippen molar-refractivity contribution in [1.29, 1.82) is 0 Å². The number of hydrogen-bond acceptors (Lipinski definition) is 10. The normalized spacial score (nSPS) is 14.7. The molecule has 0 aliphatic carbocycles. The maximum Gasteiger partial charge on any atom is 0.270 e. The second-order valence-corrected chi connectivity index (χ2v) is 10.0. The lowest BCUT2D eigenvalue weighted by Crippen LogP contribution is -2.43. The fraction of sp³-hybridized carbons (Fsp3) is 0.364. The van der Waals surface area contributed by atoms with Gasteiger partial charge in [0.25, 0.3) is 10.1 Å². The molecule has 1 aromatic carbocycles. The molecule has 1 fully saturated rings. The van der Waals surface area contributed by atoms with Crippen molar-refractivity contribution in [2.45, 2.75) is 25.7 Å². The number of nitrogens with one attached hydrogen (secondary N) is 3. The minimum absolute atomic E-state index is 0.0806. The van der Waals surface area contributed by atoms with Gasteiger partial charge in [-0.25, -0.2) is 4.98 Å². The van der Waals surface area contributed by atoms with E-state index in [0.29, 0.717) is 28.5 Å². The van der Waals surface area contributed by atoms with Crippen LogP contribution in [0.25, 0.3) is 22.1 Å². The maximum atomic E-state index is 11.5. The van der Waals surface area contributed by atoms with Crippen LogP contribution in [0.15, 0.2) is 30.6 Å². The summed E-state index contributed by atoms with van der Waals surface area (Å²) in [6.45, 7) is 6.98. The molecule has 12 nitrogen and oxygen atoms in total. The van der Waals surface area contributed by atoms with E-state index in [1.54, 1.807) is 18.5 Å². The quantitative estimate of drug-likeness (QED) is 0.277. The molecule has 3 aromatic heterocycles. The van der Waals surface area contributed by atoms with Crippen LogP contribution in [0.2, 0.25) is 0 Å². The zero-order chi connectivity index (χ0) is 24.6. The zero-order valence-corrected chi connectivity index (χ0v) is 20.1. The standard InChI is InChI=1S/C22H26N8O4S/c1-13(2)34-21-19-20(25-12-24-19)28-22(29-21)27-14-3-4-17-16(9-14)18(30-7-5-23-6-8-30)10-15(26-17)11-35(31,32)33/h3-4,9-10,12-13,23H,5-8,11H2,1-2H3,(H,31,32,33)(H2,24,25,27,28,29). The van der Waals surface area contributed by atoms with E-state index < -0.39 is 15.9 Å². The Morgan fingerprint density at radius 1 is 1.17 bits per heavy atom. The van der Waals surface area contributed by atoms with Crippen molar-refractivity contribution in [3.8, 4) is 5.88 Å². The number of nitrogens with zero attached hydrogens (tertiary/aromatic N) is 5. The minimum Gasteiger partial charge on any atom is -0.473 e. The van der Waals surface area contributed by atoms with Gasteiger partial charge in [0, 0.05) is 42.9 Å². The van der Waals surface area contributed by atoms with E-state index in [1.807, 2.05) is 26.0 Å². The molecule has 13 heteroatoms. The average molecular weight is 499 g/mol. The molecule has 0 amide bonds. The van der Waals surface area contributed by atoms with E-state index in [2.05, 4.69) is 40.5 Å². The van der Waals surface area contributed by atoms with Gasteiger partial charge < -0.3 is 25.3 Å². The number of pyridine rings is 1. The Bertz CT molecular complexity index is 1480. The third-order valence-corrected chi connectivity index (χ3v) is 6.14. The molecule has 35 heavy (non-hydrogen) atoms. The molecule has 0 saturated carbocycles. The molecule has 4 N–H and O–H groups in total. The molecular weight excluding hydrogens is 472 g/mol. The topological polar surface area (TPSA) is 158 Å². The Labute approximate surface area is 201 Å². The largest absolute Gasteiger partial charge is 0.473 e. The lowest BCUT2D eigenvalue weighted by atomic mass is 10.1. The molecule has 1 aliphatic rings. The highest BCUT2D eigenvalue weighted by molar-refractivity contribution is 7.85. The van der Waals surface area contributed by atoms with Crippen LogP contribution in [0.5, 0.6) is 5.88 Å². The van der Waals surface area contributed by atoms with Gasteiger partial charge in [-0.05, 0) is 38.1 Å². The second kappa shape index (κ2) is 9.24. The first-order valence-corrected chi connectivity index (χ1v) is 12.9. The zero-order valence-electron chi connectivity index (χ0n) is 19.3. The Balaban J connectivity index is 1.55. The third kappa shape index (κ3) is 5.26. The van der Waals surface area contributed by atoms with Crippen LogP contribution in [0, 0.1) is 0 Å². The van der Waals surface area contributed by atoms with E-state index in [-0.39, 0.29) is 11.8 Å². The molecule has 0 bridgehead atoms. The summed E-state index contributed by atoms with van der Waals surface area (Å²) in [6, 6.07) is 7.28. The second-order valence-electron chi connectivity index (χ2n) is 8.57. The van der Waals surface area contributed by atoms with Gasteiger partial charge in [0.15, 0.2) is 11.2 Å². The van der Waals surface area contributed by atoms with E-state index >= 15 is 0 Å². The number of rotatable bonds is 7. The molecule has 4 aromatic rings. The summed E-state index contributed by atoms with van der Waals surface area (Å²) in [7, 11) is -4.21. The average Bonchev–Trinajstić information content (AvgIpc) is 3.27. The number of piperazine rings is 1. The number of ether oxygens (including phenoxy) is 1. The fourth-order valence-electron chi connectivity index (χ4n) is 4.07. The Kier molecular flexibility index (Phi) is 6.13. The summed E-state index contributed by atoms with van der Waals surface area (Å²) < 4.78 is 38.2. The number of benzene rings is 1. The highest BCUT2D eigenvalue weighted by atomic mass is 32.2. The molecule has 0 radical (unpaired) electrons. The Hall–Kier alpha value is -3.55. The number of fused-ring (bicyclic) bond motifs is 2. The van der Waals surface area contributed by atoms with Gasteiger partial charge in [0.05, 0.1) is 23.6 Å². The third-order valence-electron chi connectivity index (χ3n) is 5.48. The van der Waals surface area contributed by atoms with Gasteiger partial charge in [0.1, 0.15) is 5.75 Å². The first-order chi connectivity index (χ1) is 16.7. The van der Waals surface area contributed by atoms with Crippen LogP contribution >= 0.6 is 0 Å². The number of hydrogen-bond donors (Lipinski definition) is 4. The molecule has 0 spiro atoms. The van der Waals surface area contributed by atoms with Gasteiger partial charge in [-0.2, -0.15) is 18.4 Å². The monoisotopic (exact) mass is 498 g/mol. The number of aromatic nitrogens is 5. The highest BCUT2D eigenvalue weighted by Gasteiger charge is 2.19. The van der Waals surface area contributed by atoms with Crippen molar-refractivity contribution in [2.24, 2.45) is 0 Å². The molecule has 5 rings (SSSR count). The molecule has 1 saturated heterocycles. The van der Waals surface area contributed by atoms with Gasteiger partial charge in [0.2, 0.25) is 11.8 Å². The van der Waals surface area contributed by atoms with E-state index in [0.717, 1.165) is 42.9 Å². The van der Waals surface area contributed by atoms with Crippen LogP contribution in [-0.2, 0) is 15.9 Å². The van der Waals surface area contributed by atoms with Gasteiger partial charge >= 0.3 is 0 Å². The first-order valence-electron chi connectivity index (χ1n) is 11.2. The number of aromatic amines is 1. The van der Waals surface area contributed by atoms with Crippen LogP contribution in [-0.4, -0.2) is 70.2 Å². The lowest BCUT2D eigenvalue weighted by molar-refractivity contribution is 0.235.